The van der Waals surface area contributed by atoms with E-state index in [4.69, 9.17) is 0 Å². The first-order chi connectivity index (χ1) is 8.36. The summed E-state index contributed by atoms with van der Waals surface area (Å²) in [5, 5.41) is 19.1. The summed E-state index contributed by atoms with van der Waals surface area (Å²) in [5.74, 6) is 0.514. The van der Waals surface area contributed by atoms with E-state index in [1.54, 1.807) is 24.3 Å². The van der Waals surface area contributed by atoms with Gasteiger partial charge in [0, 0.05) is 0 Å². The lowest BCUT2D eigenvalue weighted by Crippen LogP contribution is -2.10. The largest absolute Gasteiger partial charge is 0.508 e. The second kappa shape index (κ2) is 4.37. The number of hydrogen-bond donors (Lipinski definition) is 2. The van der Waals surface area contributed by atoms with Crippen molar-refractivity contribution in [3.8, 4) is 22.6 Å². The summed E-state index contributed by atoms with van der Waals surface area (Å²) < 4.78 is 0. The molecular formula is C16H18O2. The molecule has 0 saturated carbocycles. The molecule has 0 atom stereocenters. The fraction of sp³-hybridized carbons (Fsp3) is 0.250. The summed E-state index contributed by atoms with van der Waals surface area (Å²) >= 11 is 0. The third-order valence-electron chi connectivity index (χ3n) is 2.98. The minimum absolute atomic E-state index is 0.00951. The molecule has 0 aliphatic carbocycles. The van der Waals surface area contributed by atoms with Crippen molar-refractivity contribution in [1.82, 2.24) is 0 Å². The number of phenolic OH excluding ortho intramolecular Hbond substituents is 2. The van der Waals surface area contributed by atoms with Crippen LogP contribution in [0.15, 0.2) is 42.5 Å². The van der Waals surface area contributed by atoms with E-state index in [1.165, 1.54) is 0 Å². The van der Waals surface area contributed by atoms with Gasteiger partial charge in [0.05, 0.1) is 0 Å². The highest BCUT2D eigenvalue weighted by Crippen LogP contribution is 2.32. The number of rotatable bonds is 1. The molecule has 2 N–H and O–H groups in total. The van der Waals surface area contributed by atoms with Crippen LogP contribution < -0.4 is 0 Å². The lowest BCUT2D eigenvalue weighted by molar-refractivity contribution is 0.471. The molecule has 94 valence electrons. The van der Waals surface area contributed by atoms with Crippen LogP contribution in [0.1, 0.15) is 26.3 Å². The maximum atomic E-state index is 9.82. The van der Waals surface area contributed by atoms with Crippen molar-refractivity contribution in [2.75, 3.05) is 0 Å². The average Bonchev–Trinajstić information content (AvgIpc) is 2.28. The maximum Gasteiger partial charge on any atom is 0.116 e. The Balaban J connectivity index is 2.52. The number of benzene rings is 2. The highest BCUT2D eigenvalue weighted by molar-refractivity contribution is 5.67. The van der Waals surface area contributed by atoms with Crippen LogP contribution in [0.25, 0.3) is 11.1 Å². The first kappa shape index (κ1) is 12.5. The van der Waals surface area contributed by atoms with Gasteiger partial charge in [0.1, 0.15) is 11.5 Å². The predicted molar refractivity (Wildman–Crippen MR) is 73.9 cm³/mol. The van der Waals surface area contributed by atoms with E-state index >= 15 is 0 Å². The first-order valence-electron chi connectivity index (χ1n) is 6.00. The summed E-state index contributed by atoms with van der Waals surface area (Å²) in [5.41, 5.74) is 3.02. The van der Waals surface area contributed by atoms with Gasteiger partial charge in [0.2, 0.25) is 0 Å². The third kappa shape index (κ3) is 2.65. The molecule has 2 aromatic carbocycles. The fourth-order valence-electron chi connectivity index (χ4n) is 1.86. The second-order valence-corrected chi connectivity index (χ2v) is 5.57. The Bertz CT molecular complexity index is 548. The van der Waals surface area contributed by atoms with Gasteiger partial charge in [-0.15, -0.1) is 0 Å². The molecule has 0 radical (unpaired) electrons. The molecule has 2 aromatic rings. The lowest BCUT2D eigenvalue weighted by atomic mass is 9.85. The monoisotopic (exact) mass is 242 g/mol. The van der Waals surface area contributed by atoms with E-state index in [1.807, 2.05) is 12.1 Å². The van der Waals surface area contributed by atoms with Crippen molar-refractivity contribution >= 4 is 0 Å². The molecule has 2 rings (SSSR count). The van der Waals surface area contributed by atoms with Crippen LogP contribution in [0.3, 0.4) is 0 Å². The molecule has 0 aliphatic rings. The van der Waals surface area contributed by atoms with Gasteiger partial charge in [-0.3, -0.25) is 0 Å². The first-order valence-corrected chi connectivity index (χ1v) is 6.00. The standard InChI is InChI=1S/C16H18O2/c1-16(2,3)13-8-12(9-15(18)10-13)11-4-6-14(17)7-5-11/h4-10,17-18H,1-3H3. The summed E-state index contributed by atoms with van der Waals surface area (Å²) in [6.45, 7) is 6.34. The van der Waals surface area contributed by atoms with Gasteiger partial charge in [-0.05, 0) is 46.4 Å². The van der Waals surface area contributed by atoms with E-state index in [-0.39, 0.29) is 16.9 Å². The van der Waals surface area contributed by atoms with Crippen LogP contribution in [-0.4, -0.2) is 10.2 Å². The minimum Gasteiger partial charge on any atom is -0.508 e. The molecule has 0 aliphatic heterocycles. The molecule has 0 bridgehead atoms. The van der Waals surface area contributed by atoms with Crippen molar-refractivity contribution in [3.05, 3.63) is 48.0 Å². The molecule has 0 spiro atoms. The zero-order valence-corrected chi connectivity index (χ0v) is 10.9. The molecule has 0 fully saturated rings. The highest BCUT2D eigenvalue weighted by Gasteiger charge is 2.15. The van der Waals surface area contributed by atoms with E-state index in [2.05, 4.69) is 26.8 Å². The number of aromatic hydroxyl groups is 2. The van der Waals surface area contributed by atoms with E-state index < -0.39 is 0 Å². The van der Waals surface area contributed by atoms with Crippen LogP contribution in [0.4, 0.5) is 0 Å². The van der Waals surface area contributed by atoms with Crippen molar-refractivity contribution < 1.29 is 10.2 Å². The van der Waals surface area contributed by atoms with Gasteiger partial charge in [-0.2, -0.15) is 0 Å². The topological polar surface area (TPSA) is 40.5 Å². The predicted octanol–water partition coefficient (Wildman–Crippen LogP) is 4.06. The van der Waals surface area contributed by atoms with Crippen LogP contribution in [0.2, 0.25) is 0 Å². The Morgan fingerprint density at radius 1 is 0.722 bits per heavy atom. The van der Waals surface area contributed by atoms with E-state index in [9.17, 15) is 10.2 Å². The SMILES string of the molecule is CC(C)(C)c1cc(O)cc(-c2ccc(O)cc2)c1. The second-order valence-electron chi connectivity index (χ2n) is 5.57. The Morgan fingerprint density at radius 3 is 1.89 bits per heavy atom. The average molecular weight is 242 g/mol. The molecule has 0 heterocycles. The zero-order chi connectivity index (χ0) is 13.3. The molecule has 0 unspecified atom stereocenters. The molecular weight excluding hydrogens is 224 g/mol. The third-order valence-corrected chi connectivity index (χ3v) is 2.98. The Morgan fingerprint density at radius 2 is 1.33 bits per heavy atom. The van der Waals surface area contributed by atoms with Crippen LogP contribution in [0, 0.1) is 0 Å². The van der Waals surface area contributed by atoms with E-state index in [0.29, 0.717) is 0 Å². The Hall–Kier alpha value is -1.96. The highest BCUT2D eigenvalue weighted by atomic mass is 16.3. The smallest absolute Gasteiger partial charge is 0.116 e. The van der Waals surface area contributed by atoms with Crippen molar-refractivity contribution in [1.29, 1.82) is 0 Å². The summed E-state index contributed by atoms with van der Waals surface area (Å²) in [7, 11) is 0. The van der Waals surface area contributed by atoms with Crippen molar-refractivity contribution in [2.24, 2.45) is 0 Å². The summed E-state index contributed by atoms with van der Waals surface area (Å²) in [6.07, 6.45) is 0. The summed E-state index contributed by atoms with van der Waals surface area (Å²) in [4.78, 5) is 0. The van der Waals surface area contributed by atoms with Gasteiger partial charge in [0.25, 0.3) is 0 Å². The number of hydrogen-bond acceptors (Lipinski definition) is 2. The van der Waals surface area contributed by atoms with Gasteiger partial charge in [-0.25, -0.2) is 0 Å². The van der Waals surface area contributed by atoms with Crippen LogP contribution >= 0.6 is 0 Å². The maximum absolute atomic E-state index is 9.82. The molecule has 0 saturated heterocycles. The molecule has 2 nitrogen and oxygen atoms in total. The van der Waals surface area contributed by atoms with Gasteiger partial charge < -0.3 is 10.2 Å². The minimum atomic E-state index is -0.00951. The van der Waals surface area contributed by atoms with Gasteiger partial charge in [0.15, 0.2) is 0 Å². The molecule has 2 heteroatoms. The molecule has 0 amide bonds. The van der Waals surface area contributed by atoms with Crippen LogP contribution in [0.5, 0.6) is 11.5 Å². The summed E-state index contributed by atoms with van der Waals surface area (Å²) in [6, 6.07) is 12.6. The fourth-order valence-corrected chi connectivity index (χ4v) is 1.86. The van der Waals surface area contributed by atoms with Gasteiger partial charge >= 0.3 is 0 Å². The quantitative estimate of drug-likeness (QED) is 0.791. The number of phenols is 2. The van der Waals surface area contributed by atoms with Crippen LogP contribution in [-0.2, 0) is 5.41 Å². The zero-order valence-electron chi connectivity index (χ0n) is 10.9. The lowest BCUT2D eigenvalue weighted by Gasteiger charge is -2.20. The molecule has 18 heavy (non-hydrogen) atoms. The van der Waals surface area contributed by atoms with Gasteiger partial charge in [-0.1, -0.05) is 39.0 Å². The van der Waals surface area contributed by atoms with E-state index in [0.717, 1.165) is 16.7 Å². The normalized spacial score (nSPS) is 11.5. The van der Waals surface area contributed by atoms with Crippen molar-refractivity contribution in [3.63, 3.8) is 0 Å². The Kier molecular flexibility index (Phi) is 3.04. The Labute approximate surface area is 108 Å². The van der Waals surface area contributed by atoms with Crippen molar-refractivity contribution in [2.45, 2.75) is 26.2 Å². The molecule has 0 aromatic heterocycles.